The molecule has 0 unspecified atom stereocenters. The van der Waals surface area contributed by atoms with Gasteiger partial charge in [0.15, 0.2) is 17.8 Å². The molecule has 0 amide bonds. The van der Waals surface area contributed by atoms with Crippen LogP contribution in [0.15, 0.2) is 12.1 Å². The van der Waals surface area contributed by atoms with Crippen molar-refractivity contribution in [2.24, 2.45) is 0 Å². The van der Waals surface area contributed by atoms with Gasteiger partial charge in [0, 0.05) is 0 Å². The number of phenolic OH excluding ortho intramolecular Hbond substituents is 1. The number of phenols is 1. The summed E-state index contributed by atoms with van der Waals surface area (Å²) in [4.78, 5) is 0. The number of ether oxygens (including phenoxy) is 4. The highest BCUT2D eigenvalue weighted by atomic mass is 16.7. The molecule has 11 nitrogen and oxygen atoms in total. The van der Waals surface area contributed by atoms with Crippen LogP contribution in [0.5, 0.6) is 17.2 Å². The molecular formula is C17H26O11. The molecule has 1 aliphatic rings. The van der Waals surface area contributed by atoms with E-state index in [0.29, 0.717) is 0 Å². The minimum atomic E-state index is -1.63. The van der Waals surface area contributed by atoms with Crippen molar-refractivity contribution in [3.63, 3.8) is 0 Å². The van der Waals surface area contributed by atoms with Crippen LogP contribution in [0.3, 0.4) is 0 Å². The van der Waals surface area contributed by atoms with Gasteiger partial charge in [-0.15, -0.1) is 0 Å². The molecule has 28 heavy (non-hydrogen) atoms. The van der Waals surface area contributed by atoms with Gasteiger partial charge in [-0.05, 0) is 17.7 Å². The van der Waals surface area contributed by atoms with Gasteiger partial charge in [-0.3, -0.25) is 0 Å². The summed E-state index contributed by atoms with van der Waals surface area (Å²) >= 11 is 0. The molecule has 1 aliphatic heterocycles. The van der Waals surface area contributed by atoms with Crippen molar-refractivity contribution in [2.45, 2.75) is 42.9 Å². The number of aromatic hydroxyl groups is 1. The maximum absolute atomic E-state index is 10.4. The van der Waals surface area contributed by atoms with Crippen molar-refractivity contribution >= 4 is 0 Å². The van der Waals surface area contributed by atoms with Gasteiger partial charge in [-0.1, -0.05) is 0 Å². The number of hydrogen-bond acceptors (Lipinski definition) is 11. The van der Waals surface area contributed by atoms with E-state index in [4.69, 9.17) is 24.1 Å². The van der Waals surface area contributed by atoms with E-state index in [1.165, 1.54) is 26.4 Å². The summed E-state index contributed by atoms with van der Waals surface area (Å²) in [5.74, 6) is -0.223. The molecule has 0 radical (unpaired) electrons. The first-order valence-electron chi connectivity index (χ1n) is 8.48. The van der Waals surface area contributed by atoms with Crippen molar-refractivity contribution in [1.29, 1.82) is 0 Å². The standard InChI is InChI=1S/C17H26O11/c1-25-9-3-7(4-10(26-2)13(9)21)12(20)8(19)6-27-17-16(24)15(23)14(22)11(5-18)28-17/h3-4,8,11-12,14-24H,5-6H2,1-2H3/t8-,11-,12+,14-,15+,16-,17-/m1/s1. The van der Waals surface area contributed by atoms with Crippen LogP contribution < -0.4 is 9.47 Å². The smallest absolute Gasteiger partial charge is 0.200 e. The van der Waals surface area contributed by atoms with Crippen molar-refractivity contribution in [3.05, 3.63) is 17.7 Å². The van der Waals surface area contributed by atoms with E-state index in [2.05, 4.69) is 0 Å². The molecule has 160 valence electrons. The van der Waals surface area contributed by atoms with Gasteiger partial charge in [-0.2, -0.15) is 0 Å². The molecule has 7 atom stereocenters. The molecule has 1 aromatic carbocycles. The summed E-state index contributed by atoms with van der Waals surface area (Å²) in [6, 6.07) is 2.61. The lowest BCUT2D eigenvalue weighted by Gasteiger charge is -2.39. The molecule has 0 bridgehead atoms. The lowest BCUT2D eigenvalue weighted by molar-refractivity contribution is -0.306. The topological polar surface area (TPSA) is 179 Å². The Morgan fingerprint density at radius 2 is 1.57 bits per heavy atom. The fraction of sp³-hybridized carbons (Fsp3) is 0.647. The maximum atomic E-state index is 10.4. The van der Waals surface area contributed by atoms with E-state index in [0.717, 1.165) is 0 Å². The Morgan fingerprint density at radius 3 is 2.07 bits per heavy atom. The third-order valence-electron chi connectivity index (χ3n) is 4.49. The second-order valence-electron chi connectivity index (χ2n) is 6.32. The van der Waals surface area contributed by atoms with Gasteiger partial charge in [0.05, 0.1) is 27.4 Å². The van der Waals surface area contributed by atoms with Crippen LogP contribution in [0.4, 0.5) is 0 Å². The normalized spacial score (nSPS) is 29.9. The molecule has 0 aliphatic carbocycles. The number of aliphatic hydroxyl groups is 6. The fourth-order valence-corrected chi connectivity index (χ4v) is 2.80. The molecule has 0 saturated carbocycles. The third-order valence-corrected chi connectivity index (χ3v) is 4.49. The van der Waals surface area contributed by atoms with Crippen molar-refractivity contribution < 1.29 is 54.7 Å². The summed E-state index contributed by atoms with van der Waals surface area (Å²) < 4.78 is 20.4. The van der Waals surface area contributed by atoms with E-state index >= 15 is 0 Å². The number of benzene rings is 1. The molecule has 1 heterocycles. The summed E-state index contributed by atoms with van der Waals surface area (Å²) in [6.07, 6.45) is -10.4. The number of rotatable bonds is 8. The Morgan fingerprint density at radius 1 is 1.00 bits per heavy atom. The van der Waals surface area contributed by atoms with Crippen molar-refractivity contribution in [2.75, 3.05) is 27.4 Å². The number of aliphatic hydroxyl groups excluding tert-OH is 6. The Hall–Kier alpha value is -1.70. The van der Waals surface area contributed by atoms with Crippen LogP contribution in [-0.4, -0.2) is 100.0 Å². The second kappa shape index (κ2) is 9.67. The molecule has 1 fully saturated rings. The van der Waals surface area contributed by atoms with E-state index in [1.54, 1.807) is 0 Å². The minimum absolute atomic E-state index is 0.0236. The van der Waals surface area contributed by atoms with Crippen LogP contribution in [0.2, 0.25) is 0 Å². The number of hydrogen-bond donors (Lipinski definition) is 7. The van der Waals surface area contributed by atoms with Crippen LogP contribution in [0.1, 0.15) is 11.7 Å². The summed E-state index contributed by atoms with van der Waals surface area (Å²) in [5.41, 5.74) is 0.163. The predicted molar refractivity (Wildman–Crippen MR) is 91.9 cm³/mol. The van der Waals surface area contributed by atoms with Crippen LogP contribution in [0.25, 0.3) is 0 Å². The van der Waals surface area contributed by atoms with E-state index in [9.17, 15) is 30.6 Å². The minimum Gasteiger partial charge on any atom is -0.502 e. The highest BCUT2D eigenvalue weighted by Crippen LogP contribution is 2.39. The molecule has 0 aromatic heterocycles. The van der Waals surface area contributed by atoms with E-state index < -0.39 is 56.1 Å². The van der Waals surface area contributed by atoms with Crippen molar-refractivity contribution in [3.8, 4) is 17.2 Å². The first-order valence-corrected chi connectivity index (χ1v) is 8.48. The molecule has 11 heteroatoms. The largest absolute Gasteiger partial charge is 0.502 e. The van der Waals surface area contributed by atoms with E-state index in [-0.39, 0.29) is 22.8 Å². The maximum Gasteiger partial charge on any atom is 0.200 e. The lowest BCUT2D eigenvalue weighted by Crippen LogP contribution is -2.59. The Balaban J connectivity index is 2.05. The van der Waals surface area contributed by atoms with Crippen LogP contribution in [0, 0.1) is 0 Å². The first kappa shape index (κ1) is 22.6. The zero-order valence-electron chi connectivity index (χ0n) is 15.4. The highest BCUT2D eigenvalue weighted by molar-refractivity contribution is 5.53. The average Bonchev–Trinajstić information content (AvgIpc) is 2.70. The van der Waals surface area contributed by atoms with Crippen molar-refractivity contribution in [1.82, 2.24) is 0 Å². The second-order valence-corrected chi connectivity index (χ2v) is 6.32. The van der Waals surface area contributed by atoms with Crippen LogP contribution >= 0.6 is 0 Å². The molecule has 1 saturated heterocycles. The van der Waals surface area contributed by atoms with Gasteiger partial charge in [0.25, 0.3) is 0 Å². The molecular weight excluding hydrogens is 380 g/mol. The third kappa shape index (κ3) is 4.64. The van der Waals surface area contributed by atoms with E-state index in [1.807, 2.05) is 0 Å². The zero-order chi connectivity index (χ0) is 21.0. The SMILES string of the molecule is COc1cc([C@H](O)[C@H](O)CO[C@@H]2O[C@H](CO)[C@@H](O)[C@H](O)[C@H]2O)cc(OC)c1O. The van der Waals surface area contributed by atoms with Gasteiger partial charge in [0.1, 0.15) is 36.6 Å². The monoisotopic (exact) mass is 406 g/mol. The molecule has 2 rings (SSSR count). The number of methoxy groups -OCH3 is 2. The quantitative estimate of drug-likeness (QED) is 0.245. The summed E-state index contributed by atoms with van der Waals surface area (Å²) in [5, 5.41) is 69.0. The average molecular weight is 406 g/mol. The molecule has 7 N–H and O–H groups in total. The van der Waals surface area contributed by atoms with Gasteiger partial charge in [0.2, 0.25) is 5.75 Å². The van der Waals surface area contributed by atoms with Gasteiger partial charge < -0.3 is 54.7 Å². The Bertz CT molecular complexity index is 613. The van der Waals surface area contributed by atoms with Gasteiger partial charge >= 0.3 is 0 Å². The predicted octanol–water partition coefficient (Wildman–Crippen LogP) is -2.38. The Kier molecular flexibility index (Phi) is 7.80. The first-order chi connectivity index (χ1) is 13.2. The summed E-state index contributed by atoms with van der Waals surface area (Å²) in [7, 11) is 2.62. The summed E-state index contributed by atoms with van der Waals surface area (Å²) in [6.45, 7) is -1.14. The zero-order valence-corrected chi connectivity index (χ0v) is 15.4. The molecule has 1 aromatic rings. The molecule has 0 spiro atoms. The highest BCUT2D eigenvalue weighted by Gasteiger charge is 2.44. The lowest BCUT2D eigenvalue weighted by atomic mass is 9.99. The van der Waals surface area contributed by atoms with Crippen LogP contribution in [-0.2, 0) is 9.47 Å². The Labute approximate surface area is 160 Å². The fourth-order valence-electron chi connectivity index (χ4n) is 2.80. The van der Waals surface area contributed by atoms with Gasteiger partial charge in [-0.25, -0.2) is 0 Å².